The van der Waals surface area contributed by atoms with Crippen LogP contribution in [0.5, 0.6) is 0 Å². The third-order valence-electron chi connectivity index (χ3n) is 2.34. The van der Waals surface area contributed by atoms with Crippen LogP contribution >= 0.6 is 0 Å². The number of carbonyl (C=O) groups is 1. The molecule has 0 spiro atoms. The Morgan fingerprint density at radius 3 is 2.31 bits per heavy atom. The van der Waals surface area contributed by atoms with Crippen molar-refractivity contribution in [3.63, 3.8) is 0 Å². The number of carbonyl (C=O) groups excluding carboxylic acids is 1. The predicted octanol–water partition coefficient (Wildman–Crippen LogP) is 1.71. The second-order valence-corrected chi connectivity index (χ2v) is 3.64. The van der Waals surface area contributed by atoms with Gasteiger partial charge in [-0.15, -0.1) is 0 Å². The number of Topliss-reactive ketones (excluding diaryl/α,β-unsaturated/α-hetero) is 1. The molecule has 0 aliphatic carbocycles. The van der Waals surface area contributed by atoms with Crippen molar-refractivity contribution < 1.29 is 4.79 Å². The van der Waals surface area contributed by atoms with Crippen LogP contribution in [-0.2, 0) is 0 Å². The van der Waals surface area contributed by atoms with Gasteiger partial charge in [-0.25, -0.2) is 0 Å². The van der Waals surface area contributed by atoms with Gasteiger partial charge in [-0.2, -0.15) is 0 Å². The third-order valence-corrected chi connectivity index (χ3v) is 2.34. The molecule has 86 valence electrons. The SMILES string of the molecule is BCNc1cc(NCC)cc(C(=O)CC)c1. The molecule has 0 amide bonds. The number of ketones is 1. The molecule has 0 radical (unpaired) electrons. The van der Waals surface area contributed by atoms with Crippen molar-refractivity contribution in [2.45, 2.75) is 20.3 Å². The van der Waals surface area contributed by atoms with Crippen molar-refractivity contribution in [1.82, 2.24) is 0 Å². The molecule has 0 aliphatic heterocycles. The first-order valence-electron chi connectivity index (χ1n) is 5.87. The average Bonchev–Trinajstić information content (AvgIpc) is 2.28. The Balaban J connectivity index is 3.02. The Kier molecular flexibility index (Phi) is 4.90. The summed E-state index contributed by atoms with van der Waals surface area (Å²) in [6, 6.07) is 5.85. The summed E-state index contributed by atoms with van der Waals surface area (Å²) < 4.78 is 0. The quantitative estimate of drug-likeness (QED) is 0.564. The molecular formula is C12H19BN2O. The van der Waals surface area contributed by atoms with E-state index in [4.69, 9.17) is 0 Å². The van der Waals surface area contributed by atoms with Gasteiger partial charge >= 0.3 is 0 Å². The molecular weight excluding hydrogens is 199 g/mol. The molecule has 0 heterocycles. The molecule has 4 heteroatoms. The Labute approximate surface area is 98.0 Å². The Hall–Kier alpha value is -1.45. The van der Waals surface area contributed by atoms with E-state index in [1.807, 2.05) is 39.9 Å². The maximum absolute atomic E-state index is 11.7. The molecule has 1 rings (SSSR count). The molecule has 16 heavy (non-hydrogen) atoms. The van der Waals surface area contributed by atoms with Crippen LogP contribution in [0.25, 0.3) is 0 Å². The monoisotopic (exact) mass is 218 g/mol. The molecule has 1 aromatic carbocycles. The van der Waals surface area contributed by atoms with Gasteiger partial charge in [0.1, 0.15) is 7.85 Å². The zero-order chi connectivity index (χ0) is 12.0. The lowest BCUT2D eigenvalue weighted by molar-refractivity contribution is 0.0988. The van der Waals surface area contributed by atoms with Gasteiger partial charge in [0, 0.05) is 29.9 Å². The van der Waals surface area contributed by atoms with E-state index in [0.717, 1.165) is 29.9 Å². The lowest BCUT2D eigenvalue weighted by Crippen LogP contribution is -2.05. The summed E-state index contributed by atoms with van der Waals surface area (Å²) >= 11 is 0. The minimum Gasteiger partial charge on any atom is -0.393 e. The Morgan fingerprint density at radius 1 is 1.19 bits per heavy atom. The van der Waals surface area contributed by atoms with E-state index in [-0.39, 0.29) is 5.78 Å². The highest BCUT2D eigenvalue weighted by atomic mass is 16.1. The number of hydrogen-bond donors (Lipinski definition) is 2. The first kappa shape index (κ1) is 12.6. The van der Waals surface area contributed by atoms with Gasteiger partial charge in [0.05, 0.1) is 0 Å². The maximum Gasteiger partial charge on any atom is 0.162 e. The Morgan fingerprint density at radius 2 is 1.81 bits per heavy atom. The summed E-state index contributed by atoms with van der Waals surface area (Å²) in [5, 5.41) is 6.47. The molecule has 3 nitrogen and oxygen atoms in total. The molecule has 1 aromatic rings. The van der Waals surface area contributed by atoms with E-state index >= 15 is 0 Å². The van der Waals surface area contributed by atoms with Gasteiger partial charge in [-0.1, -0.05) is 6.92 Å². The molecule has 0 aromatic heterocycles. The topological polar surface area (TPSA) is 41.1 Å². The highest BCUT2D eigenvalue weighted by Gasteiger charge is 2.06. The average molecular weight is 218 g/mol. The van der Waals surface area contributed by atoms with Crippen LogP contribution in [0.2, 0.25) is 0 Å². The number of rotatable bonds is 6. The van der Waals surface area contributed by atoms with E-state index in [9.17, 15) is 4.79 Å². The fraction of sp³-hybridized carbons (Fsp3) is 0.417. The van der Waals surface area contributed by atoms with Crippen LogP contribution in [0.3, 0.4) is 0 Å². The van der Waals surface area contributed by atoms with Crippen molar-refractivity contribution >= 4 is 25.0 Å². The summed E-state index contributed by atoms with van der Waals surface area (Å²) in [4.78, 5) is 11.7. The summed E-state index contributed by atoms with van der Waals surface area (Å²) in [7, 11) is 2.04. The fourth-order valence-electron chi connectivity index (χ4n) is 1.61. The van der Waals surface area contributed by atoms with Crippen LogP contribution < -0.4 is 10.6 Å². The van der Waals surface area contributed by atoms with E-state index in [0.29, 0.717) is 6.42 Å². The maximum atomic E-state index is 11.7. The number of hydrogen-bond acceptors (Lipinski definition) is 3. The van der Waals surface area contributed by atoms with Gasteiger partial charge < -0.3 is 10.6 Å². The molecule has 0 fully saturated rings. The van der Waals surface area contributed by atoms with Gasteiger partial charge in [0.25, 0.3) is 0 Å². The largest absolute Gasteiger partial charge is 0.393 e. The minimum atomic E-state index is 0.180. The minimum absolute atomic E-state index is 0.180. The van der Waals surface area contributed by atoms with E-state index in [1.165, 1.54) is 0 Å². The first-order valence-corrected chi connectivity index (χ1v) is 5.87. The smallest absolute Gasteiger partial charge is 0.162 e. The van der Waals surface area contributed by atoms with E-state index < -0.39 is 0 Å². The third kappa shape index (κ3) is 3.30. The summed E-state index contributed by atoms with van der Waals surface area (Å²) in [6.45, 7) is 4.78. The van der Waals surface area contributed by atoms with Crippen molar-refractivity contribution in [3.8, 4) is 0 Å². The van der Waals surface area contributed by atoms with Crippen LogP contribution in [0.4, 0.5) is 11.4 Å². The number of benzene rings is 1. The highest BCUT2D eigenvalue weighted by molar-refractivity contribution is 6.10. The van der Waals surface area contributed by atoms with Crippen LogP contribution in [0, 0.1) is 0 Å². The number of anilines is 2. The summed E-state index contributed by atoms with van der Waals surface area (Å²) in [5.41, 5.74) is 2.77. The summed E-state index contributed by atoms with van der Waals surface area (Å²) in [5.74, 6) is 0.180. The molecule has 0 unspecified atom stereocenters. The normalized spacial score (nSPS) is 9.88. The second-order valence-electron chi connectivity index (χ2n) is 3.64. The highest BCUT2D eigenvalue weighted by Crippen LogP contribution is 2.20. The first-order chi connectivity index (χ1) is 7.71. The molecule has 0 bridgehead atoms. The van der Waals surface area contributed by atoms with Gasteiger partial charge in [0.15, 0.2) is 5.78 Å². The van der Waals surface area contributed by atoms with E-state index in [1.54, 1.807) is 0 Å². The van der Waals surface area contributed by atoms with Crippen molar-refractivity contribution in [3.05, 3.63) is 23.8 Å². The Bertz CT molecular complexity index is 342. The summed E-state index contributed by atoms with van der Waals surface area (Å²) in [6.07, 6.45) is 1.40. The standard InChI is InChI=1S/C12H19BN2O/c1-3-12(16)9-5-10(14-4-2)7-11(6-9)15-8-13/h5-7,14-15H,3-4,8,13H2,1-2H3. The zero-order valence-corrected chi connectivity index (χ0v) is 10.3. The van der Waals surface area contributed by atoms with Crippen LogP contribution in [0.15, 0.2) is 18.2 Å². The predicted molar refractivity (Wildman–Crippen MR) is 72.3 cm³/mol. The molecule has 0 saturated heterocycles. The molecule has 0 saturated carbocycles. The van der Waals surface area contributed by atoms with Crippen molar-refractivity contribution in [2.24, 2.45) is 0 Å². The van der Waals surface area contributed by atoms with Gasteiger partial charge in [-0.05, 0) is 31.6 Å². The van der Waals surface area contributed by atoms with E-state index in [2.05, 4.69) is 10.6 Å². The van der Waals surface area contributed by atoms with Crippen molar-refractivity contribution in [2.75, 3.05) is 23.6 Å². The lowest BCUT2D eigenvalue weighted by Gasteiger charge is -2.10. The van der Waals surface area contributed by atoms with Gasteiger partial charge in [-0.3, -0.25) is 4.79 Å². The molecule has 0 atom stereocenters. The lowest BCUT2D eigenvalue weighted by atomic mass is 10.1. The molecule has 0 aliphatic rings. The molecule has 2 N–H and O–H groups in total. The van der Waals surface area contributed by atoms with Crippen LogP contribution in [-0.4, -0.2) is 26.6 Å². The fourth-order valence-corrected chi connectivity index (χ4v) is 1.61. The second kappa shape index (κ2) is 6.21. The van der Waals surface area contributed by atoms with Gasteiger partial charge in [0.2, 0.25) is 0 Å². The zero-order valence-electron chi connectivity index (χ0n) is 10.3. The number of nitrogens with one attached hydrogen (secondary N) is 2. The van der Waals surface area contributed by atoms with Crippen molar-refractivity contribution in [1.29, 1.82) is 0 Å². The van der Waals surface area contributed by atoms with Crippen LogP contribution in [0.1, 0.15) is 30.6 Å².